The van der Waals surface area contributed by atoms with Gasteiger partial charge in [-0.3, -0.25) is 9.69 Å². The number of halogens is 1. The molecule has 0 aromatic heterocycles. The van der Waals surface area contributed by atoms with E-state index in [1.54, 1.807) is 0 Å². The number of nitrogens with zero attached hydrogens (tertiary/aromatic N) is 1. The van der Waals surface area contributed by atoms with Crippen LogP contribution >= 0.6 is 12.4 Å². The lowest BCUT2D eigenvalue weighted by atomic mass is 9.93. The van der Waals surface area contributed by atoms with Crippen molar-refractivity contribution in [2.24, 2.45) is 11.1 Å². The van der Waals surface area contributed by atoms with Crippen LogP contribution in [0, 0.1) is 5.41 Å². The lowest BCUT2D eigenvalue weighted by Gasteiger charge is -2.28. The number of hydrogen-bond acceptors (Lipinski definition) is 3. The van der Waals surface area contributed by atoms with Gasteiger partial charge in [0.1, 0.15) is 0 Å². The van der Waals surface area contributed by atoms with E-state index < -0.39 is 0 Å². The minimum Gasteiger partial charge on any atom is -0.330 e. The number of nitrogens with one attached hydrogen (secondary N) is 1. The van der Waals surface area contributed by atoms with E-state index in [4.69, 9.17) is 5.73 Å². The fourth-order valence-corrected chi connectivity index (χ4v) is 2.17. The lowest BCUT2D eigenvalue weighted by molar-refractivity contribution is -0.117. The summed E-state index contributed by atoms with van der Waals surface area (Å²) in [6.07, 6.45) is 0.967. The maximum atomic E-state index is 12.0. The molecular weight excluding hydrogens is 286 g/mol. The van der Waals surface area contributed by atoms with E-state index >= 15 is 0 Å². The van der Waals surface area contributed by atoms with Crippen molar-refractivity contribution in [1.29, 1.82) is 0 Å². The van der Waals surface area contributed by atoms with Gasteiger partial charge in [-0.15, -0.1) is 12.4 Å². The normalized spacial score (nSPS) is 11.1. The zero-order valence-corrected chi connectivity index (χ0v) is 14.3. The molecule has 0 saturated heterocycles. The number of likely N-dealkylation sites (N-methyl/N-ethyl adjacent to an activating group) is 1. The van der Waals surface area contributed by atoms with E-state index in [9.17, 15) is 4.79 Å². The van der Waals surface area contributed by atoms with Crippen molar-refractivity contribution in [3.63, 3.8) is 0 Å². The summed E-state index contributed by atoms with van der Waals surface area (Å²) in [4.78, 5) is 14.0. The highest BCUT2D eigenvalue weighted by atomic mass is 35.5. The molecule has 1 amide bonds. The maximum absolute atomic E-state index is 12.0. The quantitative estimate of drug-likeness (QED) is 0.813. The van der Waals surface area contributed by atoms with Gasteiger partial charge in [0.2, 0.25) is 5.91 Å². The van der Waals surface area contributed by atoms with Crippen LogP contribution in [-0.2, 0) is 11.2 Å². The predicted octanol–water partition coefficient (Wildman–Crippen LogP) is 2.53. The van der Waals surface area contributed by atoms with Gasteiger partial charge >= 0.3 is 0 Å². The van der Waals surface area contributed by atoms with Crippen molar-refractivity contribution >= 4 is 24.0 Å². The van der Waals surface area contributed by atoms with E-state index in [2.05, 4.69) is 32.2 Å². The highest BCUT2D eigenvalue weighted by Crippen LogP contribution is 2.14. The first kappa shape index (κ1) is 19.9. The summed E-state index contributed by atoms with van der Waals surface area (Å²) in [7, 11) is 1.94. The number of aryl methyl sites for hydroxylation is 1. The molecular formula is C16H28ClN3O. The minimum absolute atomic E-state index is 0. The second-order valence-corrected chi connectivity index (χ2v) is 6.14. The average Bonchev–Trinajstić information content (AvgIpc) is 2.37. The van der Waals surface area contributed by atoms with Crippen LogP contribution in [-0.4, -0.2) is 37.5 Å². The van der Waals surface area contributed by atoms with Crippen LogP contribution in [0.2, 0.25) is 0 Å². The first-order valence-electron chi connectivity index (χ1n) is 7.13. The first-order valence-corrected chi connectivity index (χ1v) is 7.13. The summed E-state index contributed by atoms with van der Waals surface area (Å²) in [5.41, 5.74) is 7.82. The number of amides is 1. The number of carbonyl (C=O) groups excluding carboxylic acids is 1. The summed E-state index contributed by atoms with van der Waals surface area (Å²) < 4.78 is 0. The largest absolute Gasteiger partial charge is 0.330 e. The number of benzene rings is 1. The molecule has 1 aromatic rings. The van der Waals surface area contributed by atoms with E-state index in [0.29, 0.717) is 13.1 Å². The molecule has 3 N–H and O–H groups in total. The fraction of sp³-hybridized carbons (Fsp3) is 0.562. The molecule has 0 saturated carbocycles. The summed E-state index contributed by atoms with van der Waals surface area (Å²) in [6.45, 7) is 8.09. The van der Waals surface area contributed by atoms with Crippen molar-refractivity contribution in [3.05, 3.63) is 29.8 Å². The van der Waals surface area contributed by atoms with Gasteiger partial charge in [-0.2, -0.15) is 0 Å². The molecule has 0 fully saturated rings. The maximum Gasteiger partial charge on any atom is 0.238 e. The van der Waals surface area contributed by atoms with Crippen LogP contribution in [0.3, 0.4) is 0 Å². The SMILES string of the molecule is CCc1cccc(NC(=O)CN(C)CC(C)(C)CN)c1.Cl. The monoisotopic (exact) mass is 313 g/mol. The van der Waals surface area contributed by atoms with Gasteiger partial charge in [0, 0.05) is 12.2 Å². The van der Waals surface area contributed by atoms with Crippen LogP contribution in [0.1, 0.15) is 26.3 Å². The smallest absolute Gasteiger partial charge is 0.238 e. The lowest BCUT2D eigenvalue weighted by Crippen LogP contribution is -2.40. The minimum atomic E-state index is 0. The van der Waals surface area contributed by atoms with Crippen LogP contribution in [0.5, 0.6) is 0 Å². The number of hydrogen-bond donors (Lipinski definition) is 2. The van der Waals surface area contributed by atoms with Gasteiger partial charge in [-0.05, 0) is 43.1 Å². The Morgan fingerprint density at radius 2 is 2.05 bits per heavy atom. The van der Waals surface area contributed by atoms with Gasteiger partial charge in [0.15, 0.2) is 0 Å². The van der Waals surface area contributed by atoms with E-state index in [1.165, 1.54) is 5.56 Å². The zero-order chi connectivity index (χ0) is 15.2. The molecule has 0 atom stereocenters. The molecule has 0 heterocycles. The number of anilines is 1. The third-order valence-electron chi connectivity index (χ3n) is 3.28. The summed E-state index contributed by atoms with van der Waals surface area (Å²) in [6, 6.07) is 7.96. The highest BCUT2D eigenvalue weighted by molar-refractivity contribution is 5.92. The van der Waals surface area contributed by atoms with Crippen molar-refractivity contribution in [2.45, 2.75) is 27.2 Å². The third kappa shape index (κ3) is 7.46. The Morgan fingerprint density at radius 3 is 2.62 bits per heavy atom. The average molecular weight is 314 g/mol. The van der Waals surface area contributed by atoms with Crippen molar-refractivity contribution < 1.29 is 4.79 Å². The van der Waals surface area contributed by atoms with Crippen molar-refractivity contribution in [2.75, 3.05) is 32.0 Å². The van der Waals surface area contributed by atoms with Gasteiger partial charge < -0.3 is 11.1 Å². The molecule has 1 rings (SSSR count). The Morgan fingerprint density at radius 1 is 1.38 bits per heavy atom. The molecule has 1 aromatic carbocycles. The molecule has 5 heteroatoms. The molecule has 0 bridgehead atoms. The van der Waals surface area contributed by atoms with Gasteiger partial charge in [-0.25, -0.2) is 0 Å². The summed E-state index contributed by atoms with van der Waals surface area (Å²) >= 11 is 0. The summed E-state index contributed by atoms with van der Waals surface area (Å²) in [5.74, 6) is 0.00794. The zero-order valence-electron chi connectivity index (χ0n) is 13.5. The van der Waals surface area contributed by atoms with Crippen LogP contribution < -0.4 is 11.1 Å². The predicted molar refractivity (Wildman–Crippen MR) is 92.0 cm³/mol. The standard InChI is InChI=1S/C16H27N3O.ClH/c1-5-13-7-6-8-14(9-13)18-15(20)10-19(4)12-16(2,3)11-17;/h6-9H,5,10-12,17H2,1-4H3,(H,18,20);1H. The summed E-state index contributed by atoms with van der Waals surface area (Å²) in [5, 5.41) is 2.94. The first-order chi connectivity index (χ1) is 9.36. The van der Waals surface area contributed by atoms with Crippen molar-refractivity contribution in [1.82, 2.24) is 4.90 Å². The van der Waals surface area contributed by atoms with Gasteiger partial charge in [0.25, 0.3) is 0 Å². The molecule has 0 aliphatic heterocycles. The Bertz CT molecular complexity index is 449. The third-order valence-corrected chi connectivity index (χ3v) is 3.28. The molecule has 0 spiro atoms. The molecule has 0 aliphatic rings. The molecule has 0 radical (unpaired) electrons. The topological polar surface area (TPSA) is 58.4 Å². The van der Waals surface area contributed by atoms with E-state index in [1.807, 2.05) is 30.1 Å². The van der Waals surface area contributed by atoms with Crippen LogP contribution in [0.15, 0.2) is 24.3 Å². The van der Waals surface area contributed by atoms with Crippen molar-refractivity contribution in [3.8, 4) is 0 Å². The fourth-order valence-electron chi connectivity index (χ4n) is 2.17. The Labute approximate surface area is 134 Å². The van der Waals surface area contributed by atoms with Crippen LogP contribution in [0.25, 0.3) is 0 Å². The highest BCUT2D eigenvalue weighted by Gasteiger charge is 2.19. The van der Waals surface area contributed by atoms with Gasteiger partial charge in [-0.1, -0.05) is 32.9 Å². The Kier molecular flexibility index (Phi) is 8.55. The molecule has 21 heavy (non-hydrogen) atoms. The second-order valence-electron chi connectivity index (χ2n) is 6.14. The number of nitrogens with two attached hydrogens (primary N) is 1. The van der Waals surface area contributed by atoms with Crippen LogP contribution in [0.4, 0.5) is 5.69 Å². The molecule has 4 nitrogen and oxygen atoms in total. The Balaban J connectivity index is 0.00000400. The van der Waals surface area contributed by atoms with E-state index in [0.717, 1.165) is 18.7 Å². The second kappa shape index (κ2) is 9.03. The molecule has 0 unspecified atom stereocenters. The number of carbonyl (C=O) groups is 1. The molecule has 120 valence electrons. The van der Waals surface area contributed by atoms with E-state index in [-0.39, 0.29) is 23.7 Å². The molecule has 0 aliphatic carbocycles. The van der Waals surface area contributed by atoms with Gasteiger partial charge in [0.05, 0.1) is 6.54 Å². The Hall–Kier alpha value is -1.10. The number of rotatable bonds is 7.